The lowest BCUT2D eigenvalue weighted by Gasteiger charge is -2.24. The third kappa shape index (κ3) is 4.61. The van der Waals surface area contributed by atoms with Crippen molar-refractivity contribution in [2.45, 2.75) is 25.3 Å². The van der Waals surface area contributed by atoms with Crippen molar-refractivity contribution in [3.63, 3.8) is 0 Å². The summed E-state index contributed by atoms with van der Waals surface area (Å²) in [6.07, 6.45) is 1.05. The van der Waals surface area contributed by atoms with Crippen LogP contribution in [0.4, 0.5) is 0 Å². The minimum Gasteiger partial charge on any atom is -0.469 e. The van der Waals surface area contributed by atoms with Crippen LogP contribution in [0.15, 0.2) is 0 Å². The number of rotatable bonds is 4. The Morgan fingerprint density at radius 3 is 2.55 bits per heavy atom. The normalized spacial score (nSPS) is 22.3. The van der Waals surface area contributed by atoms with Crippen molar-refractivity contribution in [1.82, 2.24) is 15.1 Å². The van der Waals surface area contributed by atoms with E-state index in [1.165, 1.54) is 7.11 Å². The highest BCUT2D eigenvalue weighted by molar-refractivity contribution is 7.99. The van der Waals surface area contributed by atoms with E-state index in [4.69, 9.17) is 0 Å². The zero-order chi connectivity index (χ0) is 15.9. The maximum absolute atomic E-state index is 12.4. The largest absolute Gasteiger partial charge is 0.469 e. The van der Waals surface area contributed by atoms with Crippen LogP contribution < -0.4 is 5.32 Å². The minimum absolute atomic E-state index is 0.0470. The van der Waals surface area contributed by atoms with Crippen molar-refractivity contribution in [1.29, 1.82) is 0 Å². The molecule has 124 valence electrons. The highest BCUT2D eigenvalue weighted by Gasteiger charge is 2.29. The van der Waals surface area contributed by atoms with E-state index in [1.54, 1.807) is 16.7 Å². The van der Waals surface area contributed by atoms with Gasteiger partial charge in [0.05, 0.1) is 19.6 Å². The van der Waals surface area contributed by atoms with Crippen LogP contribution in [0.3, 0.4) is 0 Å². The monoisotopic (exact) mass is 329 g/mol. The summed E-state index contributed by atoms with van der Waals surface area (Å²) in [5.41, 5.74) is 0. The summed E-state index contributed by atoms with van der Waals surface area (Å²) < 4.78 is 4.55. The molecule has 0 aromatic heterocycles. The second-order valence-electron chi connectivity index (χ2n) is 5.41. The Hall–Kier alpha value is -1.28. The Kier molecular flexibility index (Phi) is 6.50. The van der Waals surface area contributed by atoms with Crippen LogP contribution in [-0.2, 0) is 19.1 Å². The molecule has 0 bridgehead atoms. The summed E-state index contributed by atoms with van der Waals surface area (Å²) in [5.74, 6) is 1.35. The van der Waals surface area contributed by atoms with E-state index < -0.39 is 0 Å². The Balaban J connectivity index is 1.80. The lowest BCUT2D eigenvalue weighted by molar-refractivity contribution is -0.143. The number of ether oxygens (including phenoxy) is 1. The average molecular weight is 329 g/mol. The van der Waals surface area contributed by atoms with E-state index in [-0.39, 0.29) is 36.7 Å². The zero-order valence-corrected chi connectivity index (χ0v) is 13.7. The van der Waals surface area contributed by atoms with E-state index in [0.29, 0.717) is 26.2 Å². The smallest absolute Gasteiger partial charge is 0.306 e. The molecule has 2 aliphatic rings. The number of esters is 1. The number of amides is 2. The van der Waals surface area contributed by atoms with Crippen LogP contribution in [0.5, 0.6) is 0 Å². The fraction of sp³-hybridized carbons (Fsp3) is 0.786. The molecular formula is C14H23N3O4S. The molecule has 22 heavy (non-hydrogen) atoms. The fourth-order valence-electron chi connectivity index (χ4n) is 2.63. The first-order valence-corrected chi connectivity index (χ1v) is 8.72. The van der Waals surface area contributed by atoms with Gasteiger partial charge in [-0.2, -0.15) is 0 Å². The molecule has 8 heteroatoms. The number of thioether (sulfide) groups is 1. The minimum atomic E-state index is -0.371. The number of hydrogen-bond donors (Lipinski definition) is 1. The lowest BCUT2D eigenvalue weighted by Crippen LogP contribution is -2.46. The number of nitrogens with zero attached hydrogens (tertiary/aromatic N) is 2. The Labute approximate surface area is 134 Å². The molecule has 7 nitrogen and oxygen atoms in total. The van der Waals surface area contributed by atoms with Gasteiger partial charge in [0.1, 0.15) is 0 Å². The highest BCUT2D eigenvalue weighted by atomic mass is 32.2. The summed E-state index contributed by atoms with van der Waals surface area (Å²) >= 11 is 1.73. The molecule has 2 amide bonds. The first kappa shape index (κ1) is 17.1. The molecule has 2 rings (SSSR count). The molecule has 2 fully saturated rings. The van der Waals surface area contributed by atoms with E-state index in [1.807, 2.05) is 4.90 Å². The van der Waals surface area contributed by atoms with Gasteiger partial charge in [0.2, 0.25) is 11.8 Å². The van der Waals surface area contributed by atoms with E-state index >= 15 is 0 Å². The van der Waals surface area contributed by atoms with Gasteiger partial charge in [0.15, 0.2) is 0 Å². The molecule has 0 aromatic carbocycles. The standard InChI is InChI=1S/C14H23N3O4S/c1-21-13(19)4-3-12(18)16-5-2-6-17(8-7-16)14(20)11-9-22-10-15-11/h11,15H,2-10H2,1H3. The topological polar surface area (TPSA) is 79.0 Å². The van der Waals surface area contributed by atoms with E-state index in [0.717, 1.165) is 18.1 Å². The zero-order valence-electron chi connectivity index (χ0n) is 12.9. The number of hydrogen-bond acceptors (Lipinski definition) is 6. The van der Waals surface area contributed by atoms with Gasteiger partial charge in [-0.15, -0.1) is 11.8 Å². The third-order valence-electron chi connectivity index (χ3n) is 3.95. The van der Waals surface area contributed by atoms with Gasteiger partial charge in [0, 0.05) is 44.2 Å². The van der Waals surface area contributed by atoms with Gasteiger partial charge in [-0.3, -0.25) is 19.7 Å². The quantitative estimate of drug-likeness (QED) is 0.711. The number of carbonyl (C=O) groups is 3. The highest BCUT2D eigenvalue weighted by Crippen LogP contribution is 2.14. The Morgan fingerprint density at radius 2 is 1.86 bits per heavy atom. The van der Waals surface area contributed by atoms with Crippen molar-refractivity contribution in [2.24, 2.45) is 0 Å². The fourth-order valence-corrected chi connectivity index (χ4v) is 3.56. The van der Waals surface area contributed by atoms with Gasteiger partial charge in [-0.05, 0) is 6.42 Å². The maximum atomic E-state index is 12.4. The first-order chi connectivity index (χ1) is 10.6. The molecule has 0 aliphatic carbocycles. The molecule has 1 N–H and O–H groups in total. The second kappa shape index (κ2) is 8.38. The van der Waals surface area contributed by atoms with Gasteiger partial charge in [0.25, 0.3) is 0 Å². The van der Waals surface area contributed by atoms with Crippen molar-refractivity contribution in [3.8, 4) is 0 Å². The van der Waals surface area contributed by atoms with Crippen molar-refractivity contribution < 1.29 is 19.1 Å². The van der Waals surface area contributed by atoms with Crippen LogP contribution in [-0.4, -0.2) is 78.5 Å². The molecule has 0 spiro atoms. The maximum Gasteiger partial charge on any atom is 0.306 e. The predicted molar refractivity (Wildman–Crippen MR) is 83.3 cm³/mol. The molecule has 1 atom stereocenters. The summed E-state index contributed by atoms with van der Waals surface area (Å²) in [5, 5.41) is 3.19. The molecule has 0 aromatic rings. The number of nitrogens with one attached hydrogen (secondary N) is 1. The Bertz CT molecular complexity index is 426. The number of methoxy groups -OCH3 is 1. The summed E-state index contributed by atoms with van der Waals surface area (Å²) in [7, 11) is 1.32. The lowest BCUT2D eigenvalue weighted by atomic mass is 10.2. The molecule has 1 unspecified atom stereocenters. The van der Waals surface area contributed by atoms with Crippen molar-refractivity contribution in [2.75, 3.05) is 44.9 Å². The molecule has 2 heterocycles. The van der Waals surface area contributed by atoms with Gasteiger partial charge in [-0.25, -0.2) is 0 Å². The van der Waals surface area contributed by atoms with Crippen LogP contribution in [0.1, 0.15) is 19.3 Å². The SMILES string of the molecule is COC(=O)CCC(=O)N1CCCN(C(=O)C2CSCN2)CC1. The van der Waals surface area contributed by atoms with Gasteiger partial charge >= 0.3 is 5.97 Å². The van der Waals surface area contributed by atoms with Gasteiger partial charge in [-0.1, -0.05) is 0 Å². The van der Waals surface area contributed by atoms with Crippen LogP contribution >= 0.6 is 11.8 Å². The van der Waals surface area contributed by atoms with Crippen LogP contribution in [0.25, 0.3) is 0 Å². The number of carbonyl (C=O) groups excluding carboxylic acids is 3. The molecule has 0 radical (unpaired) electrons. The summed E-state index contributed by atoms with van der Waals surface area (Å²) in [6.45, 7) is 2.41. The Morgan fingerprint density at radius 1 is 1.14 bits per heavy atom. The second-order valence-corrected chi connectivity index (χ2v) is 6.44. The first-order valence-electron chi connectivity index (χ1n) is 7.56. The van der Waals surface area contributed by atoms with Gasteiger partial charge < -0.3 is 14.5 Å². The third-order valence-corrected chi connectivity index (χ3v) is 4.89. The molecule has 2 saturated heterocycles. The van der Waals surface area contributed by atoms with Crippen molar-refractivity contribution >= 4 is 29.5 Å². The molecule has 2 aliphatic heterocycles. The van der Waals surface area contributed by atoms with E-state index in [9.17, 15) is 14.4 Å². The van der Waals surface area contributed by atoms with Crippen molar-refractivity contribution in [3.05, 3.63) is 0 Å². The molecular weight excluding hydrogens is 306 g/mol. The summed E-state index contributed by atoms with van der Waals surface area (Å²) in [4.78, 5) is 39.2. The van der Waals surface area contributed by atoms with Crippen LogP contribution in [0.2, 0.25) is 0 Å². The van der Waals surface area contributed by atoms with E-state index in [2.05, 4.69) is 10.1 Å². The molecule has 0 saturated carbocycles. The predicted octanol–water partition coefficient (Wildman–Crippen LogP) is -0.337. The average Bonchev–Trinajstić information content (AvgIpc) is 2.96. The van der Waals surface area contributed by atoms with Crippen LogP contribution in [0, 0.1) is 0 Å². The summed E-state index contributed by atoms with van der Waals surface area (Å²) in [6, 6.07) is -0.0911.